The first kappa shape index (κ1) is 41.5. The second kappa shape index (κ2) is 36.7. The number of rotatable bonds is 37. The predicted molar refractivity (Wildman–Crippen MR) is 154 cm³/mol. The van der Waals surface area contributed by atoms with E-state index in [4.69, 9.17) is 62.9 Å². The second-order valence-corrected chi connectivity index (χ2v) is 8.73. The first-order valence-electron chi connectivity index (χ1n) is 15.0. The van der Waals surface area contributed by atoms with Gasteiger partial charge in [-0.25, -0.2) is 0 Å². The van der Waals surface area contributed by atoms with Gasteiger partial charge in [0.1, 0.15) is 6.61 Å². The number of esters is 1. The van der Waals surface area contributed by atoms with Crippen molar-refractivity contribution in [1.82, 2.24) is 0 Å². The van der Waals surface area contributed by atoms with Gasteiger partial charge < -0.3 is 62.9 Å². The Morgan fingerprint density at radius 1 is 0.395 bits per heavy atom. The number of hydrogen-bond donors (Lipinski definition) is 2. The minimum Gasteiger partial charge on any atom is -0.481 e. The summed E-state index contributed by atoms with van der Waals surface area (Å²) in [4.78, 5) is 21.9. The molecule has 0 amide bonds. The SMILES string of the molecule is NCCOCCOCCOCCOCCOCCOCCOCCOCCOCCOCCOC(=O)CCCCC(=O)O. The highest BCUT2D eigenvalue weighted by atomic mass is 16.6. The Labute approximate surface area is 255 Å². The van der Waals surface area contributed by atoms with E-state index in [0.29, 0.717) is 145 Å². The molecule has 0 atom stereocenters. The Morgan fingerprint density at radius 2 is 0.651 bits per heavy atom. The lowest BCUT2D eigenvalue weighted by atomic mass is 10.2. The van der Waals surface area contributed by atoms with Crippen LogP contribution >= 0.6 is 0 Å². The van der Waals surface area contributed by atoms with Gasteiger partial charge in [-0.1, -0.05) is 0 Å². The van der Waals surface area contributed by atoms with E-state index in [-0.39, 0.29) is 32.0 Å². The first-order valence-corrected chi connectivity index (χ1v) is 15.0. The number of hydrogen-bond acceptors (Lipinski definition) is 14. The van der Waals surface area contributed by atoms with Gasteiger partial charge in [-0.05, 0) is 12.8 Å². The van der Waals surface area contributed by atoms with Gasteiger partial charge >= 0.3 is 11.9 Å². The highest BCUT2D eigenvalue weighted by Gasteiger charge is 2.04. The molecule has 0 aliphatic carbocycles. The molecule has 0 bridgehead atoms. The van der Waals surface area contributed by atoms with Crippen LogP contribution < -0.4 is 5.73 Å². The minimum absolute atomic E-state index is 0.0606. The van der Waals surface area contributed by atoms with Crippen LogP contribution in [0.4, 0.5) is 0 Å². The summed E-state index contributed by atoms with van der Waals surface area (Å²) in [5, 5.41) is 8.54. The third kappa shape index (κ3) is 38.5. The van der Waals surface area contributed by atoms with Gasteiger partial charge in [0.05, 0.1) is 132 Å². The Hall–Kier alpha value is -1.50. The zero-order valence-electron chi connectivity index (χ0n) is 25.7. The second-order valence-electron chi connectivity index (χ2n) is 8.73. The van der Waals surface area contributed by atoms with E-state index in [1.54, 1.807) is 0 Å². The topological polar surface area (TPSA) is 182 Å². The Morgan fingerprint density at radius 3 is 0.930 bits per heavy atom. The highest BCUT2D eigenvalue weighted by molar-refractivity contribution is 5.69. The van der Waals surface area contributed by atoms with E-state index in [9.17, 15) is 9.59 Å². The minimum atomic E-state index is -0.863. The fraction of sp³-hybridized carbons (Fsp3) is 0.929. The van der Waals surface area contributed by atoms with E-state index in [0.717, 1.165) is 0 Å². The first-order chi connectivity index (χ1) is 21.2. The molecular formula is C28H55NO14. The Kier molecular flexibility index (Phi) is 35.4. The van der Waals surface area contributed by atoms with Gasteiger partial charge in [-0.2, -0.15) is 0 Å². The van der Waals surface area contributed by atoms with Crippen molar-refractivity contribution in [3.05, 3.63) is 0 Å². The fourth-order valence-electron chi connectivity index (χ4n) is 3.00. The molecule has 15 heteroatoms. The number of nitrogens with two attached hydrogens (primary N) is 1. The molecule has 15 nitrogen and oxygen atoms in total. The van der Waals surface area contributed by atoms with Crippen LogP contribution in [0.1, 0.15) is 25.7 Å². The van der Waals surface area contributed by atoms with E-state index in [1.807, 2.05) is 0 Å². The maximum atomic E-state index is 11.5. The average molecular weight is 630 g/mol. The third-order valence-corrected chi connectivity index (χ3v) is 5.12. The fourth-order valence-corrected chi connectivity index (χ4v) is 3.00. The van der Waals surface area contributed by atoms with Crippen LogP contribution in [0.15, 0.2) is 0 Å². The molecule has 256 valence electrons. The smallest absolute Gasteiger partial charge is 0.305 e. The largest absolute Gasteiger partial charge is 0.481 e. The van der Waals surface area contributed by atoms with Gasteiger partial charge in [0.2, 0.25) is 0 Å². The van der Waals surface area contributed by atoms with Crippen molar-refractivity contribution >= 4 is 11.9 Å². The lowest BCUT2D eigenvalue weighted by Gasteiger charge is -2.09. The quantitative estimate of drug-likeness (QED) is 0.0706. The van der Waals surface area contributed by atoms with Crippen LogP contribution in [0, 0.1) is 0 Å². The van der Waals surface area contributed by atoms with Crippen molar-refractivity contribution in [2.75, 3.05) is 145 Å². The van der Waals surface area contributed by atoms with Crippen molar-refractivity contribution in [3.8, 4) is 0 Å². The Balaban J connectivity index is 3.09. The molecule has 43 heavy (non-hydrogen) atoms. The van der Waals surface area contributed by atoms with E-state index < -0.39 is 5.97 Å². The predicted octanol–water partition coefficient (Wildman–Crippen LogP) is 0.299. The zero-order valence-corrected chi connectivity index (χ0v) is 25.7. The standard InChI is InChI=1S/C28H55NO14/c29-5-6-33-7-8-34-9-10-35-11-12-36-13-14-37-15-16-38-17-18-39-19-20-40-21-22-41-23-24-42-25-26-43-28(32)4-2-1-3-27(30)31/h1-26,29H2,(H,30,31). The maximum absolute atomic E-state index is 11.5. The molecule has 0 aromatic heterocycles. The normalized spacial score (nSPS) is 11.3. The molecule has 0 rings (SSSR count). The van der Waals surface area contributed by atoms with Crippen LogP contribution in [-0.4, -0.2) is 162 Å². The van der Waals surface area contributed by atoms with Gasteiger partial charge in [-0.15, -0.1) is 0 Å². The summed E-state index contributed by atoms with van der Waals surface area (Å²) < 4.78 is 58.9. The third-order valence-electron chi connectivity index (χ3n) is 5.12. The molecule has 0 spiro atoms. The highest BCUT2D eigenvalue weighted by Crippen LogP contribution is 2.01. The average Bonchev–Trinajstić information content (AvgIpc) is 2.99. The Bertz CT molecular complexity index is 588. The molecule has 0 aliphatic rings. The number of carbonyl (C=O) groups excluding carboxylic acids is 1. The molecule has 3 N–H and O–H groups in total. The molecule has 0 radical (unpaired) electrons. The number of ether oxygens (including phenoxy) is 11. The lowest BCUT2D eigenvalue weighted by Crippen LogP contribution is -2.16. The number of carbonyl (C=O) groups is 2. The van der Waals surface area contributed by atoms with Crippen LogP contribution in [0.3, 0.4) is 0 Å². The summed E-state index contributed by atoms with van der Waals surface area (Å²) in [6.45, 7) is 10.2. The van der Waals surface area contributed by atoms with Gasteiger partial charge in [0, 0.05) is 19.4 Å². The van der Waals surface area contributed by atoms with Crippen molar-refractivity contribution in [3.63, 3.8) is 0 Å². The summed E-state index contributed by atoms with van der Waals surface area (Å²) in [5.74, 6) is -1.21. The molecule has 0 heterocycles. The summed E-state index contributed by atoms with van der Waals surface area (Å²) in [5.41, 5.74) is 5.32. The summed E-state index contributed by atoms with van der Waals surface area (Å²) in [6, 6.07) is 0. The summed E-state index contributed by atoms with van der Waals surface area (Å²) in [6.07, 6.45) is 1.24. The van der Waals surface area contributed by atoms with E-state index >= 15 is 0 Å². The maximum Gasteiger partial charge on any atom is 0.305 e. The van der Waals surface area contributed by atoms with Gasteiger partial charge in [-0.3, -0.25) is 9.59 Å². The monoisotopic (exact) mass is 629 g/mol. The molecular weight excluding hydrogens is 574 g/mol. The molecule has 0 aromatic carbocycles. The van der Waals surface area contributed by atoms with Crippen molar-refractivity contribution < 1.29 is 66.8 Å². The molecule has 0 saturated heterocycles. The van der Waals surface area contributed by atoms with Crippen LogP contribution in [0.2, 0.25) is 0 Å². The van der Waals surface area contributed by atoms with Gasteiger partial charge in [0.25, 0.3) is 0 Å². The van der Waals surface area contributed by atoms with E-state index in [1.165, 1.54) is 0 Å². The van der Waals surface area contributed by atoms with Crippen molar-refractivity contribution in [1.29, 1.82) is 0 Å². The summed E-state index contributed by atoms with van der Waals surface area (Å²) in [7, 11) is 0. The molecule has 0 aliphatic heterocycles. The number of unbranched alkanes of at least 4 members (excludes halogenated alkanes) is 1. The molecule has 0 saturated carbocycles. The van der Waals surface area contributed by atoms with Crippen LogP contribution in [0.25, 0.3) is 0 Å². The lowest BCUT2D eigenvalue weighted by molar-refractivity contribution is -0.146. The van der Waals surface area contributed by atoms with Crippen molar-refractivity contribution in [2.45, 2.75) is 25.7 Å². The molecule has 0 unspecified atom stereocenters. The molecule has 0 aromatic rings. The summed E-state index contributed by atoms with van der Waals surface area (Å²) >= 11 is 0. The van der Waals surface area contributed by atoms with Crippen LogP contribution in [-0.2, 0) is 61.7 Å². The van der Waals surface area contributed by atoms with Crippen LogP contribution in [0.5, 0.6) is 0 Å². The van der Waals surface area contributed by atoms with E-state index in [2.05, 4.69) is 0 Å². The van der Waals surface area contributed by atoms with Crippen molar-refractivity contribution in [2.24, 2.45) is 5.73 Å². The number of aliphatic carboxylic acids is 1. The number of carboxylic acid groups (broad SMARTS) is 1. The van der Waals surface area contributed by atoms with Gasteiger partial charge in [0.15, 0.2) is 0 Å². The molecule has 0 fully saturated rings. The zero-order chi connectivity index (χ0) is 31.3. The number of carboxylic acids is 1.